The minimum absolute atomic E-state index is 0.00333. The van der Waals surface area contributed by atoms with Crippen LogP contribution in [0.1, 0.15) is 56.5 Å². The van der Waals surface area contributed by atoms with Crippen molar-refractivity contribution in [2.45, 2.75) is 53.1 Å². The van der Waals surface area contributed by atoms with Crippen LogP contribution in [0, 0.1) is 12.8 Å². The van der Waals surface area contributed by atoms with Crippen LogP contribution >= 0.6 is 0 Å². The second kappa shape index (κ2) is 10.7. The Morgan fingerprint density at radius 2 is 1.78 bits per heavy atom. The molecule has 7 nitrogen and oxygen atoms in total. The summed E-state index contributed by atoms with van der Waals surface area (Å²) in [7, 11) is 0. The first kappa shape index (κ1) is 23.9. The number of ether oxygens (including phenoxy) is 2. The molecule has 0 spiro atoms. The number of likely N-dealkylation sites (tertiary alicyclic amines) is 1. The molecule has 7 heteroatoms. The van der Waals surface area contributed by atoms with E-state index in [0.29, 0.717) is 51.3 Å². The highest BCUT2D eigenvalue weighted by Gasteiger charge is 2.34. The van der Waals surface area contributed by atoms with Crippen LogP contribution in [0.2, 0.25) is 0 Å². The maximum Gasteiger partial charge on any atom is 0.309 e. The van der Waals surface area contributed by atoms with Gasteiger partial charge in [0.15, 0.2) is 0 Å². The Morgan fingerprint density at radius 1 is 1.12 bits per heavy atom. The number of piperidine rings is 1. The lowest BCUT2D eigenvalue weighted by Gasteiger charge is -2.37. The highest BCUT2D eigenvalue weighted by atomic mass is 16.5. The van der Waals surface area contributed by atoms with Crippen LogP contribution in [-0.4, -0.2) is 46.8 Å². The molecule has 1 aromatic carbocycles. The molecular weight excluding hydrogens is 408 g/mol. The van der Waals surface area contributed by atoms with Crippen molar-refractivity contribution in [2.75, 3.05) is 26.3 Å². The lowest BCUT2D eigenvalue weighted by molar-refractivity contribution is -0.149. The van der Waals surface area contributed by atoms with Gasteiger partial charge in [-0.15, -0.1) is 0 Å². The molecule has 2 aromatic rings. The topological polar surface area (TPSA) is 81.0 Å². The Kier molecular flexibility index (Phi) is 7.96. The number of nitrogens with zero attached hydrogens (tertiary/aromatic N) is 2. The van der Waals surface area contributed by atoms with Gasteiger partial charge in [0.25, 0.3) is 5.56 Å². The second-order valence-corrected chi connectivity index (χ2v) is 8.10. The Hall–Kier alpha value is -2.80. The number of aromatic nitrogens is 1. The molecular formula is C25H34N2O5. The van der Waals surface area contributed by atoms with E-state index in [9.17, 15) is 14.7 Å². The molecule has 3 rings (SSSR count). The van der Waals surface area contributed by atoms with Gasteiger partial charge < -0.3 is 19.1 Å². The minimum Gasteiger partial charge on any atom is -0.507 e. The third-order valence-electron chi connectivity index (χ3n) is 6.13. The van der Waals surface area contributed by atoms with Crippen molar-refractivity contribution in [1.29, 1.82) is 0 Å². The van der Waals surface area contributed by atoms with E-state index in [2.05, 4.69) is 4.90 Å². The zero-order valence-electron chi connectivity index (χ0n) is 19.5. The van der Waals surface area contributed by atoms with Crippen LogP contribution in [0.3, 0.4) is 0 Å². The fourth-order valence-corrected chi connectivity index (χ4v) is 4.55. The summed E-state index contributed by atoms with van der Waals surface area (Å²) in [5, 5.41) is 10.9. The monoisotopic (exact) mass is 442 g/mol. The molecule has 0 saturated carbocycles. The molecule has 1 aromatic heterocycles. The van der Waals surface area contributed by atoms with Gasteiger partial charge >= 0.3 is 5.97 Å². The number of aromatic hydroxyl groups is 1. The van der Waals surface area contributed by atoms with E-state index in [0.717, 1.165) is 17.0 Å². The smallest absolute Gasteiger partial charge is 0.309 e. The first-order valence-electron chi connectivity index (χ1n) is 11.5. The van der Waals surface area contributed by atoms with Gasteiger partial charge in [-0.05, 0) is 77.4 Å². The van der Waals surface area contributed by atoms with E-state index < -0.39 is 6.04 Å². The van der Waals surface area contributed by atoms with E-state index in [-0.39, 0.29) is 23.2 Å². The van der Waals surface area contributed by atoms with Crippen LogP contribution in [-0.2, 0) is 16.1 Å². The number of rotatable bonds is 8. The Labute approximate surface area is 189 Å². The van der Waals surface area contributed by atoms with Crippen molar-refractivity contribution in [3.8, 4) is 11.5 Å². The summed E-state index contributed by atoms with van der Waals surface area (Å²) < 4.78 is 12.5. The van der Waals surface area contributed by atoms with E-state index in [1.165, 1.54) is 0 Å². The Balaban J connectivity index is 2.01. The van der Waals surface area contributed by atoms with Gasteiger partial charge in [-0.25, -0.2) is 0 Å². The van der Waals surface area contributed by atoms with Gasteiger partial charge in [-0.1, -0.05) is 12.1 Å². The van der Waals surface area contributed by atoms with Crippen molar-refractivity contribution >= 4 is 5.97 Å². The minimum atomic E-state index is -0.417. The fourth-order valence-electron chi connectivity index (χ4n) is 4.55. The first-order valence-corrected chi connectivity index (χ1v) is 11.5. The normalized spacial score (nSPS) is 16.0. The second-order valence-electron chi connectivity index (χ2n) is 8.10. The van der Waals surface area contributed by atoms with Crippen molar-refractivity contribution in [3.05, 3.63) is 57.5 Å². The predicted octanol–water partition coefficient (Wildman–Crippen LogP) is 3.65. The van der Waals surface area contributed by atoms with Crippen molar-refractivity contribution in [1.82, 2.24) is 9.47 Å². The van der Waals surface area contributed by atoms with Gasteiger partial charge in [0.05, 0.1) is 30.7 Å². The molecule has 1 aliphatic rings. The van der Waals surface area contributed by atoms with E-state index in [4.69, 9.17) is 9.47 Å². The van der Waals surface area contributed by atoms with Gasteiger partial charge in [0, 0.05) is 12.2 Å². The van der Waals surface area contributed by atoms with Gasteiger partial charge in [0.2, 0.25) is 0 Å². The molecule has 2 heterocycles. The first-order chi connectivity index (χ1) is 15.4. The number of aryl methyl sites for hydroxylation is 1. The third-order valence-corrected chi connectivity index (χ3v) is 6.13. The molecule has 0 bridgehead atoms. The number of esters is 1. The van der Waals surface area contributed by atoms with Crippen molar-refractivity contribution in [2.24, 2.45) is 5.92 Å². The van der Waals surface area contributed by atoms with Crippen LogP contribution in [0.25, 0.3) is 0 Å². The number of pyridine rings is 1. The maximum absolute atomic E-state index is 13.4. The SMILES string of the molecule is CCOC(=O)C1CCN([C@@H](c2ccc(OCC)cc2)c2c(O)cc(C)n(CC)c2=O)CC1. The molecule has 0 aliphatic carbocycles. The number of carbonyl (C=O) groups is 1. The van der Waals surface area contributed by atoms with Crippen LogP contribution < -0.4 is 10.3 Å². The standard InChI is InChI=1S/C25H34N2O5/c1-5-27-17(4)16-21(28)22(24(27)29)23(18-8-10-20(11-9-18)31-6-2)26-14-12-19(13-15-26)25(30)32-7-3/h8-11,16,19,23,28H,5-7,12-15H2,1-4H3/t23-/m0/s1. The van der Waals surface area contributed by atoms with Gasteiger partial charge in [-0.2, -0.15) is 0 Å². The number of benzene rings is 1. The summed E-state index contributed by atoms with van der Waals surface area (Å²) in [6, 6.07) is 8.92. The summed E-state index contributed by atoms with van der Waals surface area (Å²) in [6.07, 6.45) is 1.31. The van der Waals surface area contributed by atoms with Crippen LogP contribution in [0.15, 0.2) is 35.1 Å². The third kappa shape index (κ3) is 4.99. The van der Waals surface area contributed by atoms with Gasteiger partial charge in [-0.3, -0.25) is 14.5 Å². The summed E-state index contributed by atoms with van der Waals surface area (Å²) >= 11 is 0. The van der Waals surface area contributed by atoms with Crippen molar-refractivity contribution in [3.63, 3.8) is 0 Å². The van der Waals surface area contributed by atoms with E-state index in [1.807, 2.05) is 52.0 Å². The Morgan fingerprint density at radius 3 is 2.34 bits per heavy atom. The van der Waals surface area contributed by atoms with Crippen LogP contribution in [0.5, 0.6) is 11.5 Å². The Bertz CT molecular complexity index is 975. The quantitative estimate of drug-likeness (QED) is 0.629. The largest absolute Gasteiger partial charge is 0.507 e. The summed E-state index contributed by atoms with van der Waals surface area (Å²) in [5.74, 6) is 0.473. The number of hydrogen-bond donors (Lipinski definition) is 1. The van der Waals surface area contributed by atoms with Gasteiger partial charge in [0.1, 0.15) is 11.5 Å². The maximum atomic E-state index is 13.4. The highest BCUT2D eigenvalue weighted by molar-refractivity contribution is 5.72. The molecule has 1 N–H and O–H groups in total. The zero-order chi connectivity index (χ0) is 23.3. The summed E-state index contributed by atoms with van der Waals surface area (Å²) in [5.41, 5.74) is 1.82. The molecule has 1 aliphatic heterocycles. The lowest BCUT2D eigenvalue weighted by atomic mass is 9.91. The number of hydrogen-bond acceptors (Lipinski definition) is 6. The molecule has 1 fully saturated rings. The highest BCUT2D eigenvalue weighted by Crippen LogP contribution is 2.36. The molecule has 0 radical (unpaired) electrons. The average molecular weight is 443 g/mol. The average Bonchev–Trinajstić information content (AvgIpc) is 2.78. The van der Waals surface area contributed by atoms with E-state index in [1.54, 1.807) is 10.6 Å². The predicted molar refractivity (Wildman–Crippen MR) is 123 cm³/mol. The number of carbonyl (C=O) groups excluding carboxylic acids is 1. The van der Waals surface area contributed by atoms with Crippen molar-refractivity contribution < 1.29 is 19.4 Å². The fraction of sp³-hybridized carbons (Fsp3) is 0.520. The zero-order valence-corrected chi connectivity index (χ0v) is 19.5. The van der Waals surface area contributed by atoms with Crippen LogP contribution in [0.4, 0.5) is 0 Å². The molecule has 1 atom stereocenters. The molecule has 0 amide bonds. The lowest BCUT2D eigenvalue weighted by Crippen LogP contribution is -2.42. The molecule has 32 heavy (non-hydrogen) atoms. The summed E-state index contributed by atoms with van der Waals surface area (Å²) in [6.45, 7) is 10.2. The molecule has 1 saturated heterocycles. The molecule has 174 valence electrons. The summed E-state index contributed by atoms with van der Waals surface area (Å²) in [4.78, 5) is 27.8. The van der Waals surface area contributed by atoms with E-state index >= 15 is 0 Å². The molecule has 0 unspecified atom stereocenters.